The maximum Gasteiger partial charge on any atom is 0.329 e. The molecule has 0 fully saturated rings. The summed E-state index contributed by atoms with van der Waals surface area (Å²) < 4.78 is 4.92. The number of carbonyl (C=O) groups is 1. The van der Waals surface area contributed by atoms with Gasteiger partial charge in [-0.05, 0) is 5.56 Å². The summed E-state index contributed by atoms with van der Waals surface area (Å²) in [6.07, 6.45) is 0. The van der Waals surface area contributed by atoms with Gasteiger partial charge in [-0.25, -0.2) is 0 Å². The zero-order valence-corrected chi connectivity index (χ0v) is 11.1. The van der Waals surface area contributed by atoms with Gasteiger partial charge in [-0.2, -0.15) is 0 Å². The van der Waals surface area contributed by atoms with E-state index in [2.05, 4.69) is 0 Å². The molecule has 0 aliphatic carbocycles. The molecule has 0 bridgehead atoms. The van der Waals surface area contributed by atoms with Gasteiger partial charge in [0, 0.05) is 0 Å². The molecule has 0 heterocycles. The Morgan fingerprint density at radius 1 is 1.31 bits per heavy atom. The highest BCUT2D eigenvalue weighted by atomic mass is 127. The molecular weight excluding hydrogens is 394 g/mol. The molecule has 0 saturated carbocycles. The lowest BCUT2D eigenvalue weighted by atomic mass is 10.2. The van der Waals surface area contributed by atoms with E-state index in [-0.39, 0.29) is 7.90 Å². The molecule has 0 unspecified atom stereocenters. The monoisotopic (exact) mass is 402 g/mol. The highest BCUT2D eigenvalue weighted by Crippen LogP contribution is 2.12. The standard InChI is InChI=1S/C9H8I2O2/c10-8(11)9(12)13-6-7-4-2-1-3-5-7/h1-5,8H,6H2. The second-order valence-electron chi connectivity index (χ2n) is 2.39. The molecule has 1 rings (SSSR count). The van der Waals surface area contributed by atoms with Crippen LogP contribution in [0.1, 0.15) is 5.56 Å². The van der Waals surface area contributed by atoms with Gasteiger partial charge in [0.2, 0.25) is 0 Å². The van der Waals surface area contributed by atoms with Crippen LogP contribution in [0.25, 0.3) is 0 Å². The van der Waals surface area contributed by atoms with Crippen molar-refractivity contribution in [1.82, 2.24) is 0 Å². The Morgan fingerprint density at radius 3 is 2.46 bits per heavy atom. The van der Waals surface area contributed by atoms with Gasteiger partial charge in [0.1, 0.15) is 6.61 Å². The first kappa shape index (κ1) is 11.2. The van der Waals surface area contributed by atoms with E-state index in [0.29, 0.717) is 6.61 Å². The average Bonchev–Trinajstić information content (AvgIpc) is 2.15. The first-order valence-corrected chi connectivity index (χ1v) is 6.18. The smallest absolute Gasteiger partial charge is 0.329 e. The number of hydrogen-bond donors (Lipinski definition) is 0. The summed E-state index contributed by atoms with van der Waals surface area (Å²) in [4.78, 5) is 11.1. The largest absolute Gasteiger partial charge is 0.459 e. The van der Waals surface area contributed by atoms with Crippen molar-refractivity contribution in [3.63, 3.8) is 0 Å². The summed E-state index contributed by atoms with van der Waals surface area (Å²) in [5.41, 5.74) is 1.02. The van der Waals surface area contributed by atoms with E-state index in [1.807, 2.05) is 75.5 Å². The molecule has 0 aliphatic heterocycles. The van der Waals surface area contributed by atoms with E-state index in [1.165, 1.54) is 0 Å². The molecular formula is C9H8I2O2. The SMILES string of the molecule is O=C(OCc1ccccc1)C(I)I. The van der Waals surface area contributed by atoms with Crippen molar-refractivity contribution in [3.8, 4) is 0 Å². The normalized spacial score (nSPS) is 10.1. The van der Waals surface area contributed by atoms with Crippen molar-refractivity contribution in [2.24, 2.45) is 0 Å². The van der Waals surface area contributed by atoms with Gasteiger partial charge in [-0.1, -0.05) is 75.5 Å². The number of halogens is 2. The first-order valence-electron chi connectivity index (χ1n) is 3.69. The highest BCUT2D eigenvalue weighted by molar-refractivity contribution is 14.2. The summed E-state index contributed by atoms with van der Waals surface area (Å²) in [5.74, 6) is -0.176. The molecule has 2 nitrogen and oxygen atoms in total. The lowest BCUT2D eigenvalue weighted by Crippen LogP contribution is -2.10. The number of carbonyl (C=O) groups excluding carboxylic acids is 1. The van der Waals surface area contributed by atoms with Crippen LogP contribution in [0.2, 0.25) is 0 Å². The molecule has 0 atom stereocenters. The maximum atomic E-state index is 11.1. The van der Waals surface area contributed by atoms with Gasteiger partial charge in [0.25, 0.3) is 0 Å². The van der Waals surface area contributed by atoms with Crippen LogP contribution < -0.4 is 0 Å². The van der Waals surface area contributed by atoms with Gasteiger partial charge in [0.15, 0.2) is 1.93 Å². The molecule has 70 valence electrons. The highest BCUT2D eigenvalue weighted by Gasteiger charge is 2.11. The molecule has 0 aromatic heterocycles. The molecule has 0 N–H and O–H groups in total. The third-order valence-electron chi connectivity index (χ3n) is 1.40. The summed E-state index contributed by atoms with van der Waals surface area (Å²) >= 11 is 4.05. The van der Waals surface area contributed by atoms with Gasteiger partial charge >= 0.3 is 5.97 Å². The fraction of sp³-hybridized carbons (Fsp3) is 0.222. The molecule has 4 heteroatoms. The van der Waals surface area contributed by atoms with Crippen LogP contribution in [0.3, 0.4) is 0 Å². The Morgan fingerprint density at radius 2 is 1.92 bits per heavy atom. The van der Waals surface area contributed by atoms with Crippen molar-refractivity contribution < 1.29 is 9.53 Å². The molecule has 0 radical (unpaired) electrons. The zero-order chi connectivity index (χ0) is 9.68. The van der Waals surface area contributed by atoms with Crippen molar-refractivity contribution >= 4 is 51.2 Å². The molecule has 0 amide bonds. The van der Waals surface area contributed by atoms with E-state index in [0.717, 1.165) is 5.56 Å². The van der Waals surface area contributed by atoms with E-state index < -0.39 is 0 Å². The van der Waals surface area contributed by atoms with Crippen LogP contribution >= 0.6 is 45.2 Å². The fourth-order valence-corrected chi connectivity index (χ4v) is 1.15. The van der Waals surface area contributed by atoms with Crippen molar-refractivity contribution in [1.29, 1.82) is 0 Å². The molecule has 1 aromatic rings. The molecule has 0 saturated heterocycles. The van der Waals surface area contributed by atoms with E-state index in [9.17, 15) is 4.79 Å². The molecule has 13 heavy (non-hydrogen) atoms. The molecule has 0 spiro atoms. The van der Waals surface area contributed by atoms with E-state index in [1.54, 1.807) is 0 Å². The van der Waals surface area contributed by atoms with Crippen molar-refractivity contribution in [2.45, 2.75) is 8.54 Å². The molecule has 1 aromatic carbocycles. The predicted octanol–water partition coefficient (Wildman–Crippen LogP) is 2.93. The zero-order valence-electron chi connectivity index (χ0n) is 6.74. The van der Waals surface area contributed by atoms with Crippen LogP contribution in [-0.4, -0.2) is 7.90 Å². The quantitative estimate of drug-likeness (QED) is 0.442. The predicted molar refractivity (Wildman–Crippen MR) is 68.1 cm³/mol. The summed E-state index contributed by atoms with van der Waals surface area (Å²) in [7, 11) is 0. The maximum absolute atomic E-state index is 11.1. The minimum Gasteiger partial charge on any atom is -0.459 e. The van der Waals surface area contributed by atoms with Gasteiger partial charge < -0.3 is 4.74 Å². The average molecular weight is 402 g/mol. The topological polar surface area (TPSA) is 26.3 Å². The van der Waals surface area contributed by atoms with Crippen LogP contribution in [0.15, 0.2) is 30.3 Å². The number of rotatable bonds is 3. The first-order chi connectivity index (χ1) is 6.20. The second kappa shape index (κ2) is 5.79. The van der Waals surface area contributed by atoms with Gasteiger partial charge in [-0.15, -0.1) is 0 Å². The Kier molecular flexibility index (Phi) is 5.00. The second-order valence-corrected chi connectivity index (χ2v) is 7.27. The number of hydrogen-bond acceptors (Lipinski definition) is 2. The van der Waals surface area contributed by atoms with Crippen LogP contribution in [-0.2, 0) is 16.1 Å². The Hall–Kier alpha value is 0.150. The van der Waals surface area contributed by atoms with Crippen LogP contribution in [0.5, 0.6) is 0 Å². The summed E-state index contributed by atoms with van der Waals surface area (Å²) in [6, 6.07) is 9.65. The lowest BCUT2D eigenvalue weighted by molar-refractivity contribution is -0.141. The van der Waals surface area contributed by atoms with Crippen LogP contribution in [0, 0.1) is 0 Å². The Labute approximate surface area is 104 Å². The molecule has 0 aliphatic rings. The van der Waals surface area contributed by atoms with Crippen LogP contribution in [0.4, 0.5) is 0 Å². The van der Waals surface area contributed by atoms with Gasteiger partial charge in [-0.3, -0.25) is 4.79 Å². The fourth-order valence-electron chi connectivity index (χ4n) is 0.792. The van der Waals surface area contributed by atoms with Crippen molar-refractivity contribution in [3.05, 3.63) is 35.9 Å². The number of ether oxygens (including phenoxy) is 1. The van der Waals surface area contributed by atoms with E-state index in [4.69, 9.17) is 4.74 Å². The Bertz CT molecular complexity index is 272. The Balaban J connectivity index is 2.40. The lowest BCUT2D eigenvalue weighted by Gasteiger charge is -2.04. The minimum absolute atomic E-state index is 0.112. The third-order valence-corrected chi connectivity index (χ3v) is 2.42. The summed E-state index contributed by atoms with van der Waals surface area (Å²) in [5, 5.41) is 0. The van der Waals surface area contributed by atoms with E-state index >= 15 is 0 Å². The minimum atomic E-state index is -0.176. The number of esters is 1. The van der Waals surface area contributed by atoms with Crippen molar-refractivity contribution in [2.75, 3.05) is 0 Å². The number of alkyl halides is 2. The third kappa shape index (κ3) is 4.26. The number of benzene rings is 1. The summed E-state index contributed by atoms with van der Waals surface area (Å²) in [6.45, 7) is 0.363. The van der Waals surface area contributed by atoms with Gasteiger partial charge in [0.05, 0.1) is 0 Å².